The molecule has 3 rings (SSSR count). The molecule has 0 aliphatic carbocycles. The molecule has 0 radical (unpaired) electrons. The normalized spacial score (nSPS) is 16.9. The summed E-state index contributed by atoms with van der Waals surface area (Å²) >= 11 is 0. The predicted octanol–water partition coefficient (Wildman–Crippen LogP) is 2.54. The molecule has 0 saturated carbocycles. The van der Waals surface area contributed by atoms with Crippen LogP contribution in [0.2, 0.25) is 0 Å². The van der Waals surface area contributed by atoms with Crippen molar-refractivity contribution in [2.75, 3.05) is 20.8 Å². The van der Waals surface area contributed by atoms with Gasteiger partial charge in [-0.05, 0) is 38.3 Å². The number of benzene rings is 1. The third-order valence-electron chi connectivity index (χ3n) is 5.23. The van der Waals surface area contributed by atoms with Crippen LogP contribution in [0.5, 0.6) is 11.5 Å². The first-order valence-electron chi connectivity index (χ1n) is 8.94. The number of hydrogen-bond acceptors (Lipinski definition) is 6. The second kappa shape index (κ2) is 7.80. The fourth-order valence-electron chi connectivity index (χ4n) is 3.61. The van der Waals surface area contributed by atoms with E-state index in [-0.39, 0.29) is 17.2 Å². The van der Waals surface area contributed by atoms with Gasteiger partial charge < -0.3 is 9.47 Å². The van der Waals surface area contributed by atoms with Crippen LogP contribution in [0, 0.1) is 25.2 Å². The summed E-state index contributed by atoms with van der Waals surface area (Å²) in [6, 6.07) is 7.94. The lowest BCUT2D eigenvalue weighted by molar-refractivity contribution is 0.183. The van der Waals surface area contributed by atoms with Crippen molar-refractivity contribution in [2.24, 2.45) is 0 Å². The topological polar surface area (TPSA) is 80.4 Å². The zero-order valence-electron chi connectivity index (χ0n) is 16.2. The molecule has 0 N–H and O–H groups in total. The Morgan fingerprint density at radius 3 is 2.74 bits per heavy atom. The lowest BCUT2D eigenvalue weighted by Crippen LogP contribution is -2.35. The second-order valence-corrected chi connectivity index (χ2v) is 6.72. The van der Waals surface area contributed by atoms with Crippen LogP contribution < -0.4 is 15.0 Å². The van der Waals surface area contributed by atoms with Gasteiger partial charge in [0, 0.05) is 24.2 Å². The maximum Gasteiger partial charge on any atom is 0.286 e. The monoisotopic (exact) mass is 368 g/mol. The minimum Gasteiger partial charge on any atom is -0.497 e. The van der Waals surface area contributed by atoms with Crippen molar-refractivity contribution in [2.45, 2.75) is 39.4 Å². The van der Waals surface area contributed by atoms with Crippen molar-refractivity contribution >= 4 is 0 Å². The zero-order chi connectivity index (χ0) is 19.6. The molecule has 0 bridgehead atoms. The molecule has 7 nitrogen and oxygen atoms in total. The highest BCUT2D eigenvalue weighted by atomic mass is 16.5. The van der Waals surface area contributed by atoms with Crippen molar-refractivity contribution in [1.29, 1.82) is 5.26 Å². The van der Waals surface area contributed by atoms with Gasteiger partial charge in [-0.3, -0.25) is 9.69 Å². The number of aromatic nitrogens is 2. The highest BCUT2D eigenvalue weighted by molar-refractivity contribution is 5.43. The Kier molecular flexibility index (Phi) is 5.47. The number of likely N-dealkylation sites (tertiary alicyclic amines) is 1. The average molecular weight is 368 g/mol. The lowest BCUT2D eigenvalue weighted by Gasteiger charge is -2.26. The standard InChI is InChI=1S/C20H24N4O3/c1-13-14(2)22-24(20(25)17(13)11-21)12-23-9-5-6-18(23)16-8-7-15(26-3)10-19(16)27-4/h7-8,10,18H,5-6,9,12H2,1-4H3/t18-/m1/s1. The largest absolute Gasteiger partial charge is 0.497 e. The minimum atomic E-state index is -0.340. The van der Waals surface area contributed by atoms with Crippen LogP contribution in [-0.4, -0.2) is 35.4 Å². The van der Waals surface area contributed by atoms with Crippen LogP contribution in [0.4, 0.5) is 0 Å². The van der Waals surface area contributed by atoms with Gasteiger partial charge in [0.2, 0.25) is 0 Å². The molecule has 0 amide bonds. The fraction of sp³-hybridized carbons (Fsp3) is 0.450. The van der Waals surface area contributed by atoms with Crippen LogP contribution >= 0.6 is 0 Å². The van der Waals surface area contributed by atoms with E-state index < -0.39 is 0 Å². The molecule has 1 aliphatic heterocycles. The molecule has 1 aliphatic rings. The van der Waals surface area contributed by atoms with Gasteiger partial charge in [0.1, 0.15) is 23.1 Å². The SMILES string of the molecule is COc1ccc([C@H]2CCCN2Cn2nc(C)c(C)c(C#N)c2=O)c(OC)c1. The summed E-state index contributed by atoms with van der Waals surface area (Å²) in [6.45, 7) is 4.77. The molecule has 1 atom stereocenters. The van der Waals surface area contributed by atoms with Gasteiger partial charge in [0.05, 0.1) is 26.6 Å². The van der Waals surface area contributed by atoms with E-state index in [1.54, 1.807) is 21.1 Å². The molecule has 0 spiro atoms. The quantitative estimate of drug-likeness (QED) is 0.807. The van der Waals surface area contributed by atoms with Gasteiger partial charge in [0.15, 0.2) is 0 Å². The van der Waals surface area contributed by atoms with Gasteiger partial charge in [0.25, 0.3) is 5.56 Å². The number of methoxy groups -OCH3 is 2. The van der Waals surface area contributed by atoms with Crippen LogP contribution in [0.15, 0.2) is 23.0 Å². The Hall–Kier alpha value is -2.85. The Labute approximate surface area is 158 Å². The van der Waals surface area contributed by atoms with Crippen molar-refractivity contribution in [3.8, 4) is 17.6 Å². The van der Waals surface area contributed by atoms with E-state index in [0.717, 1.165) is 36.4 Å². The average Bonchev–Trinajstić information content (AvgIpc) is 3.14. The molecule has 0 unspecified atom stereocenters. The Morgan fingerprint density at radius 1 is 1.30 bits per heavy atom. The van der Waals surface area contributed by atoms with E-state index in [1.807, 2.05) is 31.2 Å². The van der Waals surface area contributed by atoms with E-state index in [2.05, 4.69) is 10.00 Å². The first kappa shape index (κ1) is 18.9. The van der Waals surface area contributed by atoms with Crippen molar-refractivity contribution in [3.05, 3.63) is 50.9 Å². The highest BCUT2D eigenvalue weighted by Crippen LogP contribution is 2.38. The molecule has 27 heavy (non-hydrogen) atoms. The Bertz CT molecular complexity index is 945. The molecule has 2 heterocycles. The summed E-state index contributed by atoms with van der Waals surface area (Å²) < 4.78 is 12.2. The molecular formula is C20H24N4O3. The van der Waals surface area contributed by atoms with Crippen LogP contribution in [0.25, 0.3) is 0 Å². The van der Waals surface area contributed by atoms with Crippen molar-refractivity contribution < 1.29 is 9.47 Å². The third kappa shape index (κ3) is 3.53. The smallest absolute Gasteiger partial charge is 0.286 e. The third-order valence-corrected chi connectivity index (χ3v) is 5.23. The second-order valence-electron chi connectivity index (χ2n) is 6.72. The summed E-state index contributed by atoms with van der Waals surface area (Å²) in [4.78, 5) is 14.8. The number of nitrogens with zero attached hydrogens (tertiary/aromatic N) is 4. The highest BCUT2D eigenvalue weighted by Gasteiger charge is 2.29. The molecule has 2 aromatic rings. The maximum atomic E-state index is 12.6. The molecule has 142 valence electrons. The fourth-order valence-corrected chi connectivity index (χ4v) is 3.61. The van der Waals surface area contributed by atoms with Gasteiger partial charge in [-0.25, -0.2) is 4.68 Å². The zero-order valence-corrected chi connectivity index (χ0v) is 16.2. The Morgan fingerprint density at radius 2 is 2.07 bits per heavy atom. The Balaban J connectivity index is 1.94. The summed E-state index contributed by atoms with van der Waals surface area (Å²) in [6.07, 6.45) is 1.98. The summed E-state index contributed by atoms with van der Waals surface area (Å²) in [5.41, 5.74) is 2.24. The molecule has 1 aromatic heterocycles. The first-order chi connectivity index (χ1) is 13.0. The van der Waals surface area contributed by atoms with Crippen molar-refractivity contribution in [3.63, 3.8) is 0 Å². The van der Waals surface area contributed by atoms with Gasteiger partial charge in [-0.1, -0.05) is 6.07 Å². The van der Waals surface area contributed by atoms with E-state index in [0.29, 0.717) is 17.9 Å². The summed E-state index contributed by atoms with van der Waals surface area (Å²) in [5.74, 6) is 1.51. The van der Waals surface area contributed by atoms with Crippen LogP contribution in [-0.2, 0) is 6.67 Å². The van der Waals surface area contributed by atoms with E-state index in [9.17, 15) is 10.1 Å². The minimum absolute atomic E-state index is 0.117. The molecule has 1 saturated heterocycles. The first-order valence-corrected chi connectivity index (χ1v) is 8.94. The van der Waals surface area contributed by atoms with Gasteiger partial charge >= 0.3 is 0 Å². The van der Waals surface area contributed by atoms with Crippen LogP contribution in [0.1, 0.15) is 41.3 Å². The maximum absolute atomic E-state index is 12.6. The molecule has 7 heteroatoms. The number of aryl methyl sites for hydroxylation is 1. The van der Waals surface area contributed by atoms with E-state index >= 15 is 0 Å². The molecule has 1 aromatic carbocycles. The number of ether oxygens (including phenoxy) is 2. The number of nitriles is 1. The summed E-state index contributed by atoms with van der Waals surface area (Å²) in [5, 5.41) is 13.7. The van der Waals surface area contributed by atoms with E-state index in [4.69, 9.17) is 9.47 Å². The number of rotatable bonds is 5. The van der Waals surface area contributed by atoms with E-state index in [1.165, 1.54) is 4.68 Å². The molecular weight excluding hydrogens is 344 g/mol. The van der Waals surface area contributed by atoms with Gasteiger partial charge in [-0.15, -0.1) is 0 Å². The molecule has 1 fully saturated rings. The van der Waals surface area contributed by atoms with Crippen LogP contribution in [0.3, 0.4) is 0 Å². The van der Waals surface area contributed by atoms with Gasteiger partial charge in [-0.2, -0.15) is 10.4 Å². The predicted molar refractivity (Wildman–Crippen MR) is 101 cm³/mol. The van der Waals surface area contributed by atoms with Crippen molar-refractivity contribution in [1.82, 2.24) is 14.7 Å². The lowest BCUT2D eigenvalue weighted by atomic mass is 10.0. The number of hydrogen-bond donors (Lipinski definition) is 0. The summed E-state index contributed by atoms with van der Waals surface area (Å²) in [7, 11) is 3.27.